The van der Waals surface area contributed by atoms with Crippen LogP contribution in [0.3, 0.4) is 0 Å². The molecule has 0 saturated heterocycles. The maximum atomic E-state index is 11.1. The van der Waals surface area contributed by atoms with Crippen molar-refractivity contribution in [3.63, 3.8) is 0 Å². The first kappa shape index (κ1) is 9.45. The number of hydrogen-bond acceptors (Lipinski definition) is 2. The van der Waals surface area contributed by atoms with Gasteiger partial charge in [-0.2, -0.15) is 0 Å². The Bertz CT molecular complexity index is 306. The van der Waals surface area contributed by atoms with E-state index in [9.17, 15) is 9.59 Å². The van der Waals surface area contributed by atoms with Gasteiger partial charge in [0.05, 0.1) is 0 Å². The lowest BCUT2D eigenvalue weighted by atomic mass is 10.2. The predicted octanol–water partition coefficient (Wildman–Crippen LogP) is 1.60. The third kappa shape index (κ3) is 2.71. The number of carbonyl (C=O) groups is 2. The number of ketones is 1. The maximum Gasteiger partial charge on any atom is 0.291 e. The van der Waals surface area contributed by atoms with E-state index in [4.69, 9.17) is 0 Å². The Morgan fingerprint density at radius 3 is 2.38 bits per heavy atom. The van der Waals surface area contributed by atoms with Gasteiger partial charge in [-0.3, -0.25) is 9.59 Å². The molecule has 1 N–H and O–H groups in total. The van der Waals surface area contributed by atoms with Crippen LogP contribution in [-0.2, 0) is 9.59 Å². The number of carbonyl (C=O) groups excluding carboxylic acids is 2. The average molecular weight is 177 g/mol. The van der Waals surface area contributed by atoms with Crippen LogP contribution in [0.15, 0.2) is 30.3 Å². The summed E-state index contributed by atoms with van der Waals surface area (Å²) in [5.41, 5.74) is 0.648. The van der Waals surface area contributed by atoms with Gasteiger partial charge in [-0.25, -0.2) is 0 Å². The van der Waals surface area contributed by atoms with Crippen molar-refractivity contribution in [1.29, 1.82) is 0 Å². The highest BCUT2D eigenvalue weighted by Crippen LogP contribution is 2.04. The maximum absolute atomic E-state index is 11.1. The molecule has 0 aromatic heterocycles. The fourth-order valence-corrected chi connectivity index (χ4v) is 0.883. The number of anilines is 1. The molecule has 3 nitrogen and oxygen atoms in total. The van der Waals surface area contributed by atoms with Crippen LogP contribution >= 0.6 is 0 Å². The third-order valence-corrected chi connectivity index (χ3v) is 1.61. The Balaban J connectivity index is 2.60. The van der Waals surface area contributed by atoms with E-state index in [1.165, 1.54) is 0 Å². The molecule has 0 aliphatic carbocycles. The minimum absolute atomic E-state index is 0.235. The van der Waals surface area contributed by atoms with Gasteiger partial charge in [0.25, 0.3) is 5.91 Å². The van der Waals surface area contributed by atoms with E-state index < -0.39 is 11.7 Å². The first-order chi connectivity index (χ1) is 6.24. The predicted molar refractivity (Wildman–Crippen MR) is 50.4 cm³/mol. The van der Waals surface area contributed by atoms with Crippen molar-refractivity contribution < 1.29 is 9.59 Å². The van der Waals surface area contributed by atoms with Crippen molar-refractivity contribution in [2.45, 2.75) is 13.3 Å². The van der Waals surface area contributed by atoms with Gasteiger partial charge in [-0.05, 0) is 12.1 Å². The van der Waals surface area contributed by atoms with Crippen molar-refractivity contribution >= 4 is 17.4 Å². The summed E-state index contributed by atoms with van der Waals surface area (Å²) < 4.78 is 0. The minimum Gasteiger partial charge on any atom is -0.319 e. The molecular formula is C10H11NO2. The lowest BCUT2D eigenvalue weighted by molar-refractivity contribution is -0.134. The molecular weight excluding hydrogens is 166 g/mol. The minimum atomic E-state index is -0.547. The zero-order chi connectivity index (χ0) is 9.68. The van der Waals surface area contributed by atoms with Gasteiger partial charge in [-0.15, -0.1) is 0 Å². The van der Waals surface area contributed by atoms with Gasteiger partial charge in [0.2, 0.25) is 5.78 Å². The van der Waals surface area contributed by atoms with Gasteiger partial charge < -0.3 is 5.32 Å². The smallest absolute Gasteiger partial charge is 0.291 e. The number of Topliss-reactive ketones (excluding diaryl/α,β-unsaturated/α-hetero) is 1. The normalized spacial score (nSPS) is 9.31. The number of rotatable bonds is 3. The second-order valence-electron chi connectivity index (χ2n) is 2.60. The average Bonchev–Trinajstić information content (AvgIpc) is 2.18. The summed E-state index contributed by atoms with van der Waals surface area (Å²) in [6.45, 7) is 1.66. The quantitative estimate of drug-likeness (QED) is 0.713. The molecule has 0 unspecified atom stereocenters. The topological polar surface area (TPSA) is 46.2 Å². The van der Waals surface area contributed by atoms with Gasteiger partial charge in [0, 0.05) is 12.1 Å². The summed E-state index contributed by atoms with van der Waals surface area (Å²) >= 11 is 0. The molecule has 1 rings (SSSR count). The second-order valence-corrected chi connectivity index (χ2v) is 2.60. The summed E-state index contributed by atoms with van der Waals surface area (Å²) in [4.78, 5) is 22.0. The van der Waals surface area contributed by atoms with E-state index in [1.807, 2.05) is 6.07 Å². The molecule has 0 radical (unpaired) electrons. The molecule has 0 aliphatic rings. The summed E-state index contributed by atoms with van der Waals surface area (Å²) in [7, 11) is 0. The summed E-state index contributed by atoms with van der Waals surface area (Å²) in [6, 6.07) is 8.91. The SMILES string of the molecule is CCC(=O)C(=O)Nc1ccccc1. The molecule has 0 saturated carbocycles. The van der Waals surface area contributed by atoms with E-state index in [2.05, 4.69) is 5.32 Å². The molecule has 0 spiro atoms. The molecule has 1 aromatic rings. The zero-order valence-electron chi connectivity index (χ0n) is 7.41. The largest absolute Gasteiger partial charge is 0.319 e. The molecule has 0 heterocycles. The lowest BCUT2D eigenvalue weighted by Crippen LogP contribution is -2.21. The van der Waals surface area contributed by atoms with E-state index >= 15 is 0 Å². The molecule has 1 aromatic carbocycles. The Morgan fingerprint density at radius 2 is 1.85 bits per heavy atom. The fraction of sp³-hybridized carbons (Fsp3) is 0.200. The van der Waals surface area contributed by atoms with E-state index in [-0.39, 0.29) is 6.42 Å². The molecule has 13 heavy (non-hydrogen) atoms. The zero-order valence-corrected chi connectivity index (χ0v) is 7.41. The van der Waals surface area contributed by atoms with Crippen molar-refractivity contribution in [3.05, 3.63) is 30.3 Å². The first-order valence-electron chi connectivity index (χ1n) is 4.13. The molecule has 0 fully saturated rings. The third-order valence-electron chi connectivity index (χ3n) is 1.61. The number of amides is 1. The van der Waals surface area contributed by atoms with E-state index in [0.29, 0.717) is 5.69 Å². The van der Waals surface area contributed by atoms with Crippen molar-refractivity contribution in [2.24, 2.45) is 0 Å². The summed E-state index contributed by atoms with van der Waals surface area (Å²) in [6.07, 6.45) is 0.235. The highest BCUT2D eigenvalue weighted by Gasteiger charge is 2.09. The number of nitrogens with one attached hydrogen (secondary N) is 1. The summed E-state index contributed by atoms with van der Waals surface area (Å²) in [5, 5.41) is 2.50. The molecule has 0 atom stereocenters. The van der Waals surface area contributed by atoms with E-state index in [0.717, 1.165) is 0 Å². The second kappa shape index (κ2) is 4.40. The van der Waals surface area contributed by atoms with Crippen LogP contribution in [-0.4, -0.2) is 11.7 Å². The molecule has 3 heteroatoms. The number of hydrogen-bond donors (Lipinski definition) is 1. The monoisotopic (exact) mass is 177 g/mol. The Morgan fingerprint density at radius 1 is 1.23 bits per heavy atom. The van der Waals surface area contributed by atoms with Gasteiger partial charge in [0.1, 0.15) is 0 Å². The van der Waals surface area contributed by atoms with Crippen molar-refractivity contribution in [2.75, 3.05) is 5.32 Å². The van der Waals surface area contributed by atoms with Gasteiger partial charge >= 0.3 is 0 Å². The molecule has 0 aliphatic heterocycles. The van der Waals surface area contributed by atoms with Crippen LogP contribution in [0.5, 0.6) is 0 Å². The van der Waals surface area contributed by atoms with E-state index in [1.54, 1.807) is 31.2 Å². The highest BCUT2D eigenvalue weighted by atomic mass is 16.2. The molecule has 1 amide bonds. The molecule has 68 valence electrons. The number of para-hydroxylation sites is 1. The first-order valence-corrected chi connectivity index (χ1v) is 4.13. The Kier molecular flexibility index (Phi) is 3.20. The standard InChI is InChI=1S/C10H11NO2/c1-2-9(12)10(13)11-8-6-4-3-5-7-8/h3-7H,2H2,1H3,(H,11,13). The van der Waals surface area contributed by atoms with Crippen LogP contribution in [0, 0.1) is 0 Å². The Hall–Kier alpha value is -1.64. The van der Waals surface area contributed by atoms with Crippen molar-refractivity contribution in [1.82, 2.24) is 0 Å². The van der Waals surface area contributed by atoms with Crippen LogP contribution in [0.2, 0.25) is 0 Å². The number of benzene rings is 1. The highest BCUT2D eigenvalue weighted by molar-refractivity contribution is 6.40. The van der Waals surface area contributed by atoms with Crippen molar-refractivity contribution in [3.8, 4) is 0 Å². The molecule has 0 bridgehead atoms. The summed E-state index contributed by atoms with van der Waals surface area (Å²) in [5.74, 6) is -0.947. The van der Waals surface area contributed by atoms with Gasteiger partial charge in [-0.1, -0.05) is 25.1 Å². The van der Waals surface area contributed by atoms with Crippen LogP contribution in [0.25, 0.3) is 0 Å². The van der Waals surface area contributed by atoms with Crippen LogP contribution < -0.4 is 5.32 Å². The lowest BCUT2D eigenvalue weighted by Gasteiger charge is -2.01. The van der Waals surface area contributed by atoms with Crippen LogP contribution in [0.1, 0.15) is 13.3 Å². The van der Waals surface area contributed by atoms with Crippen LogP contribution in [0.4, 0.5) is 5.69 Å². The van der Waals surface area contributed by atoms with Gasteiger partial charge in [0.15, 0.2) is 0 Å². The fourth-order valence-electron chi connectivity index (χ4n) is 0.883. The Labute approximate surface area is 76.8 Å².